The van der Waals surface area contributed by atoms with Gasteiger partial charge in [-0.25, -0.2) is 15.0 Å². The van der Waals surface area contributed by atoms with E-state index in [1.807, 2.05) is 24.3 Å². The van der Waals surface area contributed by atoms with Gasteiger partial charge in [0.2, 0.25) is 0 Å². The summed E-state index contributed by atoms with van der Waals surface area (Å²) in [4.78, 5) is 15.5. The summed E-state index contributed by atoms with van der Waals surface area (Å²) in [6.07, 6.45) is 9.17. The average Bonchev–Trinajstić information content (AvgIpc) is 3.50. The van der Waals surface area contributed by atoms with Gasteiger partial charge in [0.1, 0.15) is 0 Å². The van der Waals surface area contributed by atoms with Crippen LogP contribution >= 0.6 is 0 Å². The fourth-order valence-electron chi connectivity index (χ4n) is 7.67. The van der Waals surface area contributed by atoms with Gasteiger partial charge >= 0.3 is 0 Å². The Morgan fingerprint density at radius 3 is 1.63 bits per heavy atom. The Hall–Kier alpha value is -6.19. The zero-order valence-corrected chi connectivity index (χ0v) is 27.0. The Morgan fingerprint density at radius 2 is 0.939 bits per heavy atom. The maximum Gasteiger partial charge on any atom is 0.164 e. The number of benzene rings is 6. The van der Waals surface area contributed by atoms with Crippen molar-refractivity contribution in [1.29, 1.82) is 0 Å². The number of rotatable bonds is 6. The van der Waals surface area contributed by atoms with Crippen LogP contribution in [0.2, 0.25) is 0 Å². The first-order chi connectivity index (χ1) is 24.3. The lowest BCUT2D eigenvalue weighted by molar-refractivity contribution is 0.751. The van der Waals surface area contributed by atoms with Gasteiger partial charge in [-0.2, -0.15) is 0 Å². The Balaban J connectivity index is 1.28. The van der Waals surface area contributed by atoms with Gasteiger partial charge in [0.25, 0.3) is 0 Å². The lowest BCUT2D eigenvalue weighted by Crippen LogP contribution is -2.29. The van der Waals surface area contributed by atoms with E-state index in [0.717, 1.165) is 35.1 Å². The number of fused-ring (bicyclic) bond motifs is 3. The normalized spacial score (nSPS) is 16.1. The van der Waals surface area contributed by atoms with E-state index in [9.17, 15) is 0 Å². The Bertz CT molecular complexity index is 2360. The van der Waals surface area contributed by atoms with Gasteiger partial charge < -0.3 is 0 Å². The molecule has 232 valence electrons. The highest BCUT2D eigenvalue weighted by Crippen LogP contribution is 2.58. The quantitative estimate of drug-likeness (QED) is 0.184. The van der Waals surface area contributed by atoms with E-state index in [1.54, 1.807) is 0 Å². The first-order valence-corrected chi connectivity index (χ1v) is 16.9. The van der Waals surface area contributed by atoms with E-state index in [0.29, 0.717) is 17.5 Å². The van der Waals surface area contributed by atoms with Crippen molar-refractivity contribution >= 4 is 0 Å². The molecule has 1 atom stereocenters. The molecule has 3 heteroatoms. The minimum atomic E-state index is -0.453. The monoisotopic (exact) mass is 627 g/mol. The van der Waals surface area contributed by atoms with Crippen LogP contribution in [0.3, 0.4) is 0 Å². The van der Waals surface area contributed by atoms with Crippen molar-refractivity contribution in [2.24, 2.45) is 0 Å². The van der Waals surface area contributed by atoms with E-state index < -0.39 is 5.41 Å². The molecule has 0 saturated heterocycles. The molecule has 0 amide bonds. The van der Waals surface area contributed by atoms with Gasteiger partial charge in [0.15, 0.2) is 17.5 Å². The molecule has 2 aliphatic rings. The first kappa shape index (κ1) is 29.0. The second-order valence-electron chi connectivity index (χ2n) is 12.6. The van der Waals surface area contributed by atoms with Gasteiger partial charge in [-0.1, -0.05) is 176 Å². The molecule has 0 bridgehead atoms. The van der Waals surface area contributed by atoms with Crippen LogP contribution in [0.15, 0.2) is 182 Å². The molecular formula is C46H33N3. The van der Waals surface area contributed by atoms with Gasteiger partial charge in [0.05, 0.1) is 5.41 Å². The van der Waals surface area contributed by atoms with Gasteiger partial charge in [-0.05, 0) is 57.4 Å². The standard InChI is InChI=1S/C46H33N3/c1-5-16-32(17-6-1)33-28-30-35(31-29-33)44-47-43(34-18-7-2-8-19-34)48-45(49-44)39-25-15-27-41-42(39)38-24-13-14-26-40(38)46(41,36-20-9-3-10-21-36)37-22-11-4-12-23-37/h1-3,5-11,13-31H,4,12H2. The minimum absolute atomic E-state index is 0.453. The van der Waals surface area contributed by atoms with Crippen molar-refractivity contribution in [2.45, 2.75) is 18.3 Å². The van der Waals surface area contributed by atoms with Gasteiger partial charge in [-0.15, -0.1) is 0 Å². The van der Waals surface area contributed by atoms with Gasteiger partial charge in [0, 0.05) is 16.7 Å². The molecule has 0 fully saturated rings. The first-order valence-electron chi connectivity index (χ1n) is 16.9. The predicted octanol–water partition coefficient (Wildman–Crippen LogP) is 11.1. The molecule has 6 aromatic carbocycles. The van der Waals surface area contributed by atoms with Crippen molar-refractivity contribution in [1.82, 2.24) is 15.0 Å². The molecule has 3 nitrogen and oxygen atoms in total. The summed E-state index contributed by atoms with van der Waals surface area (Å²) in [7, 11) is 0. The topological polar surface area (TPSA) is 38.7 Å². The highest BCUT2D eigenvalue weighted by atomic mass is 15.0. The SMILES string of the molecule is C1=CC(C2(c3ccccc3)c3ccccc3-c3c(-c4nc(-c5ccccc5)nc(-c5ccc(-c6ccccc6)cc5)n4)cccc32)=CCC1. The van der Waals surface area contributed by atoms with Crippen molar-refractivity contribution < 1.29 is 0 Å². The molecule has 9 rings (SSSR count). The fraction of sp³-hybridized carbons (Fsp3) is 0.0652. The fourth-order valence-corrected chi connectivity index (χ4v) is 7.67. The zero-order valence-electron chi connectivity index (χ0n) is 27.0. The number of hydrogen-bond donors (Lipinski definition) is 0. The number of allylic oxidation sites excluding steroid dienone is 4. The highest BCUT2D eigenvalue weighted by molar-refractivity contribution is 5.94. The van der Waals surface area contributed by atoms with Crippen molar-refractivity contribution in [3.8, 4) is 56.4 Å². The zero-order chi connectivity index (χ0) is 32.6. The molecule has 0 aliphatic heterocycles. The minimum Gasteiger partial charge on any atom is -0.208 e. The number of aromatic nitrogens is 3. The van der Waals surface area contributed by atoms with E-state index in [4.69, 9.17) is 15.0 Å². The lowest BCUT2D eigenvalue weighted by atomic mass is 9.66. The molecule has 49 heavy (non-hydrogen) atoms. The summed E-state index contributed by atoms with van der Waals surface area (Å²) in [6.45, 7) is 0. The Morgan fingerprint density at radius 1 is 0.408 bits per heavy atom. The van der Waals surface area contributed by atoms with Crippen molar-refractivity contribution in [3.05, 3.63) is 198 Å². The van der Waals surface area contributed by atoms with Crippen molar-refractivity contribution in [3.63, 3.8) is 0 Å². The molecular weight excluding hydrogens is 595 g/mol. The van der Waals surface area contributed by atoms with Crippen LogP contribution in [0, 0.1) is 0 Å². The van der Waals surface area contributed by atoms with E-state index >= 15 is 0 Å². The molecule has 0 radical (unpaired) electrons. The van der Waals surface area contributed by atoms with Crippen LogP contribution in [0.5, 0.6) is 0 Å². The average molecular weight is 628 g/mol. The summed E-state index contributed by atoms with van der Waals surface area (Å²) in [5.74, 6) is 1.98. The molecule has 1 heterocycles. The van der Waals surface area contributed by atoms with Gasteiger partial charge in [-0.3, -0.25) is 0 Å². The molecule has 7 aromatic rings. The largest absolute Gasteiger partial charge is 0.208 e. The Labute approximate surface area is 287 Å². The molecule has 0 N–H and O–H groups in total. The van der Waals surface area contributed by atoms with Crippen LogP contribution in [0.25, 0.3) is 56.4 Å². The smallest absolute Gasteiger partial charge is 0.164 e. The van der Waals surface area contributed by atoms with Crippen LogP contribution < -0.4 is 0 Å². The van der Waals surface area contributed by atoms with Crippen LogP contribution in [0.4, 0.5) is 0 Å². The molecule has 0 saturated carbocycles. The number of hydrogen-bond acceptors (Lipinski definition) is 3. The Kier molecular flexibility index (Phi) is 7.17. The molecule has 1 aromatic heterocycles. The molecule has 2 aliphatic carbocycles. The third kappa shape index (κ3) is 4.86. The van der Waals surface area contributed by atoms with E-state index in [1.165, 1.54) is 39.0 Å². The van der Waals surface area contributed by atoms with Crippen LogP contribution in [0.1, 0.15) is 29.5 Å². The van der Waals surface area contributed by atoms with Crippen LogP contribution in [-0.2, 0) is 5.41 Å². The summed E-state index contributed by atoms with van der Waals surface area (Å²) >= 11 is 0. The highest BCUT2D eigenvalue weighted by Gasteiger charge is 2.47. The third-order valence-corrected chi connectivity index (χ3v) is 9.86. The summed E-state index contributed by atoms with van der Waals surface area (Å²) in [5.41, 5.74) is 12.3. The van der Waals surface area contributed by atoms with Crippen molar-refractivity contribution in [2.75, 3.05) is 0 Å². The lowest BCUT2D eigenvalue weighted by Gasteiger charge is -2.35. The number of nitrogens with zero attached hydrogens (tertiary/aromatic N) is 3. The second-order valence-corrected chi connectivity index (χ2v) is 12.6. The summed E-state index contributed by atoms with van der Waals surface area (Å²) in [5, 5.41) is 0. The molecule has 0 spiro atoms. The predicted molar refractivity (Wildman–Crippen MR) is 200 cm³/mol. The maximum absolute atomic E-state index is 5.23. The van der Waals surface area contributed by atoms with E-state index in [2.05, 4.69) is 152 Å². The second kappa shape index (κ2) is 12.1. The third-order valence-electron chi connectivity index (χ3n) is 9.86. The summed E-state index contributed by atoms with van der Waals surface area (Å²) < 4.78 is 0. The van der Waals surface area contributed by atoms with E-state index in [-0.39, 0.29) is 0 Å². The summed E-state index contributed by atoms with van der Waals surface area (Å²) in [6, 6.07) is 55.7. The van der Waals surface area contributed by atoms with Crippen LogP contribution in [-0.4, -0.2) is 15.0 Å². The maximum atomic E-state index is 5.23. The molecule has 1 unspecified atom stereocenters.